The van der Waals surface area contributed by atoms with Crippen molar-refractivity contribution in [3.8, 4) is 0 Å². The minimum Gasteiger partial charge on any atom is -0.463 e. The van der Waals surface area contributed by atoms with E-state index in [0.717, 1.165) is 19.5 Å². The first-order valence-corrected chi connectivity index (χ1v) is 6.24. The second kappa shape index (κ2) is 9.19. The van der Waals surface area contributed by atoms with Crippen molar-refractivity contribution in [1.29, 1.82) is 0 Å². The van der Waals surface area contributed by atoms with Crippen molar-refractivity contribution >= 4 is 5.97 Å². The van der Waals surface area contributed by atoms with E-state index in [4.69, 9.17) is 10.5 Å². The van der Waals surface area contributed by atoms with Gasteiger partial charge in [0, 0.05) is 18.7 Å². The van der Waals surface area contributed by atoms with Crippen LogP contribution in [0, 0.1) is 5.92 Å². The predicted molar refractivity (Wildman–Crippen MR) is 70.7 cm³/mol. The Morgan fingerprint density at radius 3 is 2.65 bits per heavy atom. The van der Waals surface area contributed by atoms with Crippen molar-refractivity contribution in [2.75, 3.05) is 26.7 Å². The lowest BCUT2D eigenvalue weighted by Gasteiger charge is -2.20. The fraction of sp³-hybridized carbons (Fsp3) is 0.769. The summed E-state index contributed by atoms with van der Waals surface area (Å²) in [5.41, 5.74) is 5.96. The molecule has 4 nitrogen and oxygen atoms in total. The summed E-state index contributed by atoms with van der Waals surface area (Å²) in [6.07, 6.45) is 4.27. The molecular formula is C13H26N2O2. The third kappa shape index (κ3) is 8.89. The summed E-state index contributed by atoms with van der Waals surface area (Å²) in [7, 11) is 2.02. The maximum absolute atomic E-state index is 11.0. The molecule has 0 saturated carbocycles. The highest BCUT2D eigenvalue weighted by atomic mass is 16.5. The third-order valence-corrected chi connectivity index (χ3v) is 2.66. The minimum atomic E-state index is -0.278. The standard InChI is InChI=1S/C13H26N2O2/c1-5-17-13(16)7-6-9-15(4)10-8-12(14)11(2)3/h6-7,11-12H,5,8-10,14H2,1-4H3/b7-6+. The highest BCUT2D eigenvalue weighted by Crippen LogP contribution is 2.03. The van der Waals surface area contributed by atoms with Crippen LogP contribution in [0.3, 0.4) is 0 Å². The molecule has 0 aliphatic heterocycles. The second-order valence-corrected chi connectivity index (χ2v) is 4.61. The van der Waals surface area contributed by atoms with E-state index in [1.54, 1.807) is 6.92 Å². The Bertz CT molecular complexity index is 240. The van der Waals surface area contributed by atoms with E-state index in [1.165, 1.54) is 6.08 Å². The molecule has 0 heterocycles. The lowest BCUT2D eigenvalue weighted by Crippen LogP contribution is -2.31. The molecule has 0 rings (SSSR count). The maximum atomic E-state index is 11.0. The van der Waals surface area contributed by atoms with Crippen LogP contribution in [-0.4, -0.2) is 43.7 Å². The normalized spacial score (nSPS) is 13.6. The first-order chi connectivity index (χ1) is 7.97. The van der Waals surface area contributed by atoms with Crippen molar-refractivity contribution < 1.29 is 9.53 Å². The largest absolute Gasteiger partial charge is 0.463 e. The van der Waals surface area contributed by atoms with Gasteiger partial charge in [0.15, 0.2) is 0 Å². The van der Waals surface area contributed by atoms with Gasteiger partial charge in [-0.3, -0.25) is 0 Å². The van der Waals surface area contributed by atoms with Crippen LogP contribution in [0.25, 0.3) is 0 Å². The number of carbonyl (C=O) groups excluding carboxylic acids is 1. The highest BCUT2D eigenvalue weighted by molar-refractivity contribution is 5.81. The topological polar surface area (TPSA) is 55.6 Å². The van der Waals surface area contributed by atoms with E-state index in [1.807, 2.05) is 13.1 Å². The molecule has 17 heavy (non-hydrogen) atoms. The van der Waals surface area contributed by atoms with Crippen molar-refractivity contribution in [3.05, 3.63) is 12.2 Å². The number of hydrogen-bond donors (Lipinski definition) is 1. The van der Waals surface area contributed by atoms with E-state index in [9.17, 15) is 4.79 Å². The SMILES string of the molecule is CCOC(=O)/C=C/CN(C)CCC(N)C(C)C. The molecule has 0 aliphatic rings. The molecule has 100 valence electrons. The minimum absolute atomic E-state index is 0.242. The van der Waals surface area contributed by atoms with E-state index >= 15 is 0 Å². The van der Waals surface area contributed by atoms with E-state index in [2.05, 4.69) is 18.7 Å². The van der Waals surface area contributed by atoms with Gasteiger partial charge in [-0.1, -0.05) is 19.9 Å². The van der Waals surface area contributed by atoms with Crippen LogP contribution < -0.4 is 5.73 Å². The molecule has 0 aromatic heterocycles. The predicted octanol–water partition coefficient (Wildman–Crippen LogP) is 1.41. The van der Waals surface area contributed by atoms with Gasteiger partial charge in [-0.05, 0) is 32.9 Å². The molecule has 0 aromatic carbocycles. The van der Waals surface area contributed by atoms with Crippen molar-refractivity contribution in [3.63, 3.8) is 0 Å². The number of likely N-dealkylation sites (N-methyl/N-ethyl adjacent to an activating group) is 1. The number of nitrogens with two attached hydrogens (primary N) is 1. The highest BCUT2D eigenvalue weighted by Gasteiger charge is 2.08. The Morgan fingerprint density at radius 1 is 1.47 bits per heavy atom. The van der Waals surface area contributed by atoms with E-state index in [-0.39, 0.29) is 12.0 Å². The lowest BCUT2D eigenvalue weighted by atomic mass is 10.0. The summed E-state index contributed by atoms with van der Waals surface area (Å²) in [4.78, 5) is 13.2. The second-order valence-electron chi connectivity index (χ2n) is 4.61. The average Bonchev–Trinajstić information content (AvgIpc) is 2.26. The lowest BCUT2D eigenvalue weighted by molar-refractivity contribution is -0.137. The molecule has 0 radical (unpaired) electrons. The van der Waals surface area contributed by atoms with Crippen LogP contribution in [0.4, 0.5) is 0 Å². The summed E-state index contributed by atoms with van der Waals surface area (Å²) in [5, 5.41) is 0. The Hall–Kier alpha value is -0.870. The number of carbonyl (C=O) groups is 1. The monoisotopic (exact) mass is 242 g/mol. The van der Waals surface area contributed by atoms with Gasteiger partial charge >= 0.3 is 5.97 Å². The first kappa shape index (κ1) is 16.1. The number of nitrogens with zero attached hydrogens (tertiary/aromatic N) is 1. The van der Waals surface area contributed by atoms with Gasteiger partial charge < -0.3 is 15.4 Å². The molecular weight excluding hydrogens is 216 g/mol. The molecule has 1 unspecified atom stereocenters. The fourth-order valence-corrected chi connectivity index (χ4v) is 1.31. The quantitative estimate of drug-likeness (QED) is 0.516. The number of hydrogen-bond acceptors (Lipinski definition) is 4. The molecule has 0 amide bonds. The smallest absolute Gasteiger partial charge is 0.330 e. The Labute approximate surface area is 105 Å². The van der Waals surface area contributed by atoms with E-state index in [0.29, 0.717) is 12.5 Å². The summed E-state index contributed by atoms with van der Waals surface area (Å²) in [5.74, 6) is 0.234. The summed E-state index contributed by atoms with van der Waals surface area (Å²) < 4.78 is 4.79. The zero-order valence-electron chi connectivity index (χ0n) is 11.5. The van der Waals surface area contributed by atoms with Crippen LogP contribution in [0.2, 0.25) is 0 Å². The van der Waals surface area contributed by atoms with E-state index < -0.39 is 0 Å². The van der Waals surface area contributed by atoms with Gasteiger partial charge in [-0.2, -0.15) is 0 Å². The Balaban J connectivity index is 3.72. The van der Waals surface area contributed by atoms with Gasteiger partial charge in [-0.15, -0.1) is 0 Å². The molecule has 4 heteroatoms. The Kier molecular flexibility index (Phi) is 8.72. The summed E-state index contributed by atoms with van der Waals surface area (Å²) >= 11 is 0. The Morgan fingerprint density at radius 2 is 2.12 bits per heavy atom. The van der Waals surface area contributed by atoms with Crippen molar-refractivity contribution in [2.24, 2.45) is 11.7 Å². The molecule has 0 saturated heterocycles. The van der Waals surface area contributed by atoms with Crippen LogP contribution >= 0.6 is 0 Å². The van der Waals surface area contributed by atoms with Gasteiger partial charge in [-0.25, -0.2) is 4.79 Å². The first-order valence-electron chi connectivity index (χ1n) is 6.24. The fourth-order valence-electron chi connectivity index (χ4n) is 1.31. The molecule has 0 aliphatic carbocycles. The molecule has 0 spiro atoms. The molecule has 0 fully saturated rings. The number of ether oxygens (including phenoxy) is 1. The number of esters is 1. The van der Waals surface area contributed by atoms with Gasteiger partial charge in [0.2, 0.25) is 0 Å². The maximum Gasteiger partial charge on any atom is 0.330 e. The van der Waals surface area contributed by atoms with Crippen LogP contribution in [-0.2, 0) is 9.53 Å². The molecule has 0 bridgehead atoms. The molecule has 0 aromatic rings. The van der Waals surface area contributed by atoms with Crippen molar-refractivity contribution in [2.45, 2.75) is 33.2 Å². The molecule has 1 atom stereocenters. The zero-order chi connectivity index (χ0) is 13.3. The average molecular weight is 242 g/mol. The molecule has 2 N–H and O–H groups in total. The summed E-state index contributed by atoms with van der Waals surface area (Å²) in [6.45, 7) is 8.15. The number of rotatable bonds is 8. The van der Waals surface area contributed by atoms with Crippen molar-refractivity contribution in [1.82, 2.24) is 4.90 Å². The van der Waals surface area contributed by atoms with Crippen LogP contribution in [0.5, 0.6) is 0 Å². The third-order valence-electron chi connectivity index (χ3n) is 2.66. The zero-order valence-corrected chi connectivity index (χ0v) is 11.5. The summed E-state index contributed by atoms with van der Waals surface area (Å²) in [6, 6.07) is 0.242. The van der Waals surface area contributed by atoms with Crippen LogP contribution in [0.1, 0.15) is 27.2 Å². The van der Waals surface area contributed by atoms with Gasteiger partial charge in [0.25, 0.3) is 0 Å². The van der Waals surface area contributed by atoms with Gasteiger partial charge in [0.05, 0.1) is 6.61 Å². The van der Waals surface area contributed by atoms with Gasteiger partial charge in [0.1, 0.15) is 0 Å². The van der Waals surface area contributed by atoms with Crippen LogP contribution in [0.15, 0.2) is 12.2 Å².